The first-order valence-corrected chi connectivity index (χ1v) is 10.7. The maximum atomic E-state index is 12.5. The molecule has 1 unspecified atom stereocenters. The highest BCUT2D eigenvalue weighted by Crippen LogP contribution is 2.28. The second-order valence-electron chi connectivity index (χ2n) is 7.21. The number of nitrogens with one attached hydrogen (secondary N) is 2. The van der Waals surface area contributed by atoms with Crippen molar-refractivity contribution < 1.29 is 17.9 Å². The average molecular weight is 445 g/mol. The Balaban J connectivity index is 2.11. The van der Waals surface area contributed by atoms with Gasteiger partial charge in [-0.25, -0.2) is 13.1 Å². The average Bonchev–Trinajstić information content (AvgIpc) is 2.55. The summed E-state index contributed by atoms with van der Waals surface area (Å²) < 4.78 is 33.0. The van der Waals surface area contributed by atoms with Crippen molar-refractivity contribution >= 4 is 44.8 Å². The van der Waals surface area contributed by atoms with E-state index < -0.39 is 27.6 Å². The molecule has 1 atom stereocenters. The molecule has 2 N–H and O–H groups in total. The molecule has 0 saturated heterocycles. The van der Waals surface area contributed by atoms with Crippen LogP contribution in [0.3, 0.4) is 0 Å². The minimum Gasteiger partial charge on any atom is -0.479 e. The van der Waals surface area contributed by atoms with Crippen LogP contribution >= 0.6 is 23.2 Å². The summed E-state index contributed by atoms with van der Waals surface area (Å²) in [4.78, 5) is 12.5. The summed E-state index contributed by atoms with van der Waals surface area (Å²) >= 11 is 11.9. The fraction of sp³-hybridized carbons (Fsp3) is 0.316. The standard InChI is InChI=1S/C19H22Cl2N2O4S/c1-12(27-17-9-8-13(20)10-16(17)21)18(24)22-14-6-5-7-15(11-14)28(25,26)23-19(2,3)4/h5-12,23H,1-4H3,(H,22,24). The van der Waals surface area contributed by atoms with Crippen LogP contribution in [0.5, 0.6) is 5.75 Å². The molecule has 0 aliphatic rings. The van der Waals surface area contributed by atoms with Crippen molar-refractivity contribution in [3.05, 3.63) is 52.5 Å². The molecule has 0 fully saturated rings. The van der Waals surface area contributed by atoms with Gasteiger partial charge in [0, 0.05) is 16.2 Å². The van der Waals surface area contributed by atoms with E-state index in [4.69, 9.17) is 27.9 Å². The smallest absolute Gasteiger partial charge is 0.265 e. The van der Waals surface area contributed by atoms with Gasteiger partial charge in [-0.2, -0.15) is 0 Å². The highest BCUT2D eigenvalue weighted by molar-refractivity contribution is 7.89. The lowest BCUT2D eigenvalue weighted by atomic mass is 10.1. The van der Waals surface area contributed by atoms with Gasteiger partial charge in [-0.05, 0) is 64.1 Å². The fourth-order valence-corrected chi connectivity index (χ4v) is 4.18. The molecular formula is C19H22Cl2N2O4S. The number of halogens is 2. The molecule has 6 nitrogen and oxygen atoms in total. The van der Waals surface area contributed by atoms with Gasteiger partial charge >= 0.3 is 0 Å². The summed E-state index contributed by atoms with van der Waals surface area (Å²) in [6.45, 7) is 6.80. The van der Waals surface area contributed by atoms with Crippen LogP contribution in [-0.2, 0) is 14.8 Å². The second kappa shape index (κ2) is 8.69. The third kappa shape index (κ3) is 6.38. The zero-order chi connectivity index (χ0) is 21.1. The summed E-state index contributed by atoms with van der Waals surface area (Å²) in [6, 6.07) is 10.7. The van der Waals surface area contributed by atoms with Gasteiger partial charge in [0.2, 0.25) is 10.0 Å². The minimum atomic E-state index is -3.72. The molecule has 152 valence electrons. The van der Waals surface area contributed by atoms with E-state index in [1.54, 1.807) is 52.0 Å². The number of rotatable bonds is 6. The van der Waals surface area contributed by atoms with Crippen LogP contribution < -0.4 is 14.8 Å². The normalized spacial score (nSPS) is 13.1. The summed E-state index contributed by atoms with van der Waals surface area (Å²) in [5, 5.41) is 3.38. The number of hydrogen-bond acceptors (Lipinski definition) is 4. The van der Waals surface area contributed by atoms with Crippen molar-refractivity contribution in [2.75, 3.05) is 5.32 Å². The van der Waals surface area contributed by atoms with Crippen LogP contribution in [0.25, 0.3) is 0 Å². The van der Waals surface area contributed by atoms with E-state index >= 15 is 0 Å². The molecule has 0 aliphatic carbocycles. The molecule has 0 saturated carbocycles. The molecular weight excluding hydrogens is 423 g/mol. The third-order valence-electron chi connectivity index (χ3n) is 3.42. The predicted octanol–water partition coefficient (Wildman–Crippen LogP) is 4.48. The maximum absolute atomic E-state index is 12.5. The van der Waals surface area contributed by atoms with E-state index in [0.29, 0.717) is 16.5 Å². The number of carbonyl (C=O) groups is 1. The quantitative estimate of drug-likeness (QED) is 0.687. The lowest BCUT2D eigenvalue weighted by molar-refractivity contribution is -0.122. The summed E-state index contributed by atoms with van der Waals surface area (Å²) in [5.41, 5.74) is -0.294. The van der Waals surface area contributed by atoms with Crippen LogP contribution in [-0.4, -0.2) is 26.0 Å². The molecule has 9 heteroatoms. The molecule has 2 aromatic rings. The monoisotopic (exact) mass is 444 g/mol. The Morgan fingerprint density at radius 1 is 1.11 bits per heavy atom. The first-order valence-electron chi connectivity index (χ1n) is 8.44. The molecule has 28 heavy (non-hydrogen) atoms. The molecule has 0 radical (unpaired) electrons. The van der Waals surface area contributed by atoms with Crippen LogP contribution in [0.4, 0.5) is 5.69 Å². The molecule has 0 bridgehead atoms. The minimum absolute atomic E-state index is 0.0505. The van der Waals surface area contributed by atoms with Crippen LogP contribution in [0, 0.1) is 0 Å². The van der Waals surface area contributed by atoms with Gasteiger partial charge in [-0.1, -0.05) is 29.3 Å². The van der Waals surface area contributed by atoms with E-state index in [-0.39, 0.29) is 9.92 Å². The Hall–Kier alpha value is -1.80. The van der Waals surface area contributed by atoms with Crippen LogP contribution in [0.2, 0.25) is 10.0 Å². The van der Waals surface area contributed by atoms with Crippen LogP contribution in [0.1, 0.15) is 27.7 Å². The first kappa shape index (κ1) is 22.5. The molecule has 0 aromatic heterocycles. The van der Waals surface area contributed by atoms with Gasteiger partial charge in [0.25, 0.3) is 5.91 Å². The number of benzene rings is 2. The predicted molar refractivity (Wildman–Crippen MR) is 112 cm³/mol. The second-order valence-corrected chi connectivity index (χ2v) is 9.73. The van der Waals surface area contributed by atoms with E-state index in [9.17, 15) is 13.2 Å². The van der Waals surface area contributed by atoms with E-state index in [1.165, 1.54) is 18.2 Å². The number of ether oxygens (including phenoxy) is 1. The van der Waals surface area contributed by atoms with Crippen molar-refractivity contribution in [3.8, 4) is 5.75 Å². The third-order valence-corrected chi connectivity index (χ3v) is 5.71. The molecule has 2 aromatic carbocycles. The summed E-state index contributed by atoms with van der Waals surface area (Å²) in [5.74, 6) is -0.135. The summed E-state index contributed by atoms with van der Waals surface area (Å²) in [6.07, 6.45) is -0.869. The van der Waals surface area contributed by atoms with Gasteiger partial charge in [0.05, 0.1) is 9.92 Å². The Morgan fingerprint density at radius 2 is 1.79 bits per heavy atom. The number of hydrogen-bond donors (Lipinski definition) is 2. The van der Waals surface area contributed by atoms with Gasteiger partial charge in [-0.15, -0.1) is 0 Å². The number of anilines is 1. The van der Waals surface area contributed by atoms with Crippen molar-refractivity contribution in [2.24, 2.45) is 0 Å². The van der Waals surface area contributed by atoms with E-state index in [2.05, 4.69) is 10.0 Å². The zero-order valence-corrected chi connectivity index (χ0v) is 18.2. The lowest BCUT2D eigenvalue weighted by Gasteiger charge is -2.20. The van der Waals surface area contributed by atoms with Crippen molar-refractivity contribution in [1.29, 1.82) is 0 Å². The molecule has 0 heterocycles. The number of amides is 1. The lowest BCUT2D eigenvalue weighted by Crippen LogP contribution is -2.40. The topological polar surface area (TPSA) is 84.5 Å². The van der Waals surface area contributed by atoms with Gasteiger partial charge < -0.3 is 10.1 Å². The Morgan fingerprint density at radius 3 is 2.39 bits per heavy atom. The van der Waals surface area contributed by atoms with Crippen LogP contribution in [0.15, 0.2) is 47.4 Å². The van der Waals surface area contributed by atoms with Crippen molar-refractivity contribution in [3.63, 3.8) is 0 Å². The highest BCUT2D eigenvalue weighted by atomic mass is 35.5. The SMILES string of the molecule is CC(Oc1ccc(Cl)cc1Cl)C(=O)Nc1cccc(S(=O)(=O)NC(C)(C)C)c1. The van der Waals surface area contributed by atoms with Crippen molar-refractivity contribution in [2.45, 2.75) is 44.2 Å². The Kier molecular flexibility index (Phi) is 6.98. The highest BCUT2D eigenvalue weighted by Gasteiger charge is 2.23. The Labute approximate surface area is 175 Å². The Bertz CT molecular complexity index is 972. The number of carbonyl (C=O) groups excluding carboxylic acids is 1. The summed E-state index contributed by atoms with van der Waals surface area (Å²) in [7, 11) is -3.72. The molecule has 0 aliphatic heterocycles. The molecule has 2 rings (SSSR count). The maximum Gasteiger partial charge on any atom is 0.265 e. The van der Waals surface area contributed by atoms with Crippen molar-refractivity contribution in [1.82, 2.24) is 4.72 Å². The van der Waals surface area contributed by atoms with Gasteiger partial charge in [-0.3, -0.25) is 4.79 Å². The van der Waals surface area contributed by atoms with E-state index in [1.807, 2.05) is 0 Å². The molecule has 1 amide bonds. The largest absolute Gasteiger partial charge is 0.479 e. The first-order chi connectivity index (χ1) is 12.9. The van der Waals surface area contributed by atoms with E-state index in [0.717, 1.165) is 0 Å². The zero-order valence-electron chi connectivity index (χ0n) is 15.9. The fourth-order valence-electron chi connectivity index (χ4n) is 2.26. The number of sulfonamides is 1. The van der Waals surface area contributed by atoms with Gasteiger partial charge in [0.1, 0.15) is 5.75 Å². The molecule has 0 spiro atoms. The van der Waals surface area contributed by atoms with Gasteiger partial charge in [0.15, 0.2) is 6.10 Å².